The lowest BCUT2D eigenvalue weighted by molar-refractivity contribution is -0.115. The van der Waals surface area contributed by atoms with Gasteiger partial charge in [0.15, 0.2) is 0 Å². The maximum atomic E-state index is 13.0. The second kappa shape index (κ2) is 7.93. The van der Waals surface area contributed by atoms with E-state index in [2.05, 4.69) is 16.0 Å². The summed E-state index contributed by atoms with van der Waals surface area (Å²) in [5, 5.41) is 7.57. The molecule has 0 atom stereocenters. The van der Waals surface area contributed by atoms with Crippen LogP contribution in [-0.2, 0) is 11.2 Å². The zero-order valence-electron chi connectivity index (χ0n) is 12.7. The van der Waals surface area contributed by atoms with Gasteiger partial charge < -0.3 is 16.0 Å². The molecule has 0 spiro atoms. The van der Waals surface area contributed by atoms with Gasteiger partial charge in [-0.1, -0.05) is 25.1 Å². The molecule has 0 radical (unpaired) electrons. The molecule has 3 N–H and O–H groups in total. The van der Waals surface area contributed by atoms with Crippen LogP contribution in [0.2, 0.25) is 0 Å². The van der Waals surface area contributed by atoms with Crippen molar-refractivity contribution in [2.75, 3.05) is 17.2 Å². The van der Waals surface area contributed by atoms with Gasteiger partial charge in [-0.15, -0.1) is 0 Å². The van der Waals surface area contributed by atoms with E-state index in [-0.39, 0.29) is 6.54 Å². The summed E-state index contributed by atoms with van der Waals surface area (Å²) in [5.41, 5.74) is 2.16. The molecule has 5 nitrogen and oxygen atoms in total. The van der Waals surface area contributed by atoms with Crippen molar-refractivity contribution < 1.29 is 14.0 Å². The number of halogens is 1. The predicted octanol–water partition coefficient (Wildman–Crippen LogP) is 3.15. The topological polar surface area (TPSA) is 70.2 Å². The number of carbonyl (C=O) groups is 2. The molecule has 120 valence electrons. The summed E-state index contributed by atoms with van der Waals surface area (Å²) in [4.78, 5) is 23.4. The Labute approximate surface area is 133 Å². The smallest absolute Gasteiger partial charge is 0.319 e. The highest BCUT2D eigenvalue weighted by Crippen LogP contribution is 2.10. The van der Waals surface area contributed by atoms with E-state index in [4.69, 9.17) is 0 Å². The summed E-state index contributed by atoms with van der Waals surface area (Å²) < 4.78 is 13.0. The Kier molecular flexibility index (Phi) is 5.68. The van der Waals surface area contributed by atoms with Crippen LogP contribution in [0.5, 0.6) is 0 Å². The predicted molar refractivity (Wildman–Crippen MR) is 87.9 cm³/mol. The minimum atomic E-state index is -0.483. The number of urea groups is 1. The Hall–Kier alpha value is -2.89. The van der Waals surface area contributed by atoms with Crippen LogP contribution in [0.1, 0.15) is 12.5 Å². The summed E-state index contributed by atoms with van der Waals surface area (Å²) in [5.74, 6) is -0.879. The molecule has 2 aromatic rings. The number of amides is 3. The van der Waals surface area contributed by atoms with Gasteiger partial charge in [-0.3, -0.25) is 4.79 Å². The maximum absolute atomic E-state index is 13.0. The van der Waals surface area contributed by atoms with Crippen LogP contribution >= 0.6 is 0 Å². The Morgan fingerprint density at radius 2 is 1.74 bits per heavy atom. The van der Waals surface area contributed by atoms with Crippen molar-refractivity contribution in [1.29, 1.82) is 0 Å². The normalized spacial score (nSPS) is 10.0. The third kappa shape index (κ3) is 5.43. The Balaban J connectivity index is 1.78. The van der Waals surface area contributed by atoms with E-state index >= 15 is 0 Å². The molecule has 0 fully saturated rings. The van der Waals surface area contributed by atoms with Crippen molar-refractivity contribution in [3.63, 3.8) is 0 Å². The van der Waals surface area contributed by atoms with Gasteiger partial charge in [-0.2, -0.15) is 0 Å². The van der Waals surface area contributed by atoms with Crippen molar-refractivity contribution in [3.05, 3.63) is 59.9 Å². The molecule has 0 aliphatic carbocycles. The average molecular weight is 315 g/mol. The SMILES string of the molecule is CCc1ccc(NC(=O)NCC(=O)Nc2cccc(F)c2)cc1. The average Bonchev–Trinajstić information content (AvgIpc) is 2.54. The molecule has 0 saturated carbocycles. The van der Waals surface area contributed by atoms with E-state index in [1.807, 2.05) is 19.1 Å². The fourth-order valence-corrected chi connectivity index (χ4v) is 1.93. The second-order valence-corrected chi connectivity index (χ2v) is 4.92. The number of nitrogens with one attached hydrogen (secondary N) is 3. The first-order valence-electron chi connectivity index (χ1n) is 7.26. The second-order valence-electron chi connectivity index (χ2n) is 4.92. The fourth-order valence-electron chi connectivity index (χ4n) is 1.93. The van der Waals surface area contributed by atoms with Crippen LogP contribution < -0.4 is 16.0 Å². The van der Waals surface area contributed by atoms with Gasteiger partial charge in [-0.05, 0) is 42.3 Å². The number of hydrogen-bond acceptors (Lipinski definition) is 2. The highest BCUT2D eigenvalue weighted by Gasteiger charge is 2.06. The van der Waals surface area contributed by atoms with Crippen LogP contribution in [0.25, 0.3) is 0 Å². The molecule has 0 aromatic heterocycles. The van der Waals surface area contributed by atoms with Gasteiger partial charge in [0.1, 0.15) is 5.82 Å². The lowest BCUT2D eigenvalue weighted by atomic mass is 10.1. The first-order valence-corrected chi connectivity index (χ1v) is 7.26. The summed E-state index contributed by atoms with van der Waals surface area (Å²) in [7, 11) is 0. The van der Waals surface area contributed by atoms with E-state index in [1.165, 1.54) is 23.8 Å². The Bertz CT molecular complexity index is 686. The molecular formula is C17H18FN3O2. The molecule has 0 unspecified atom stereocenters. The summed E-state index contributed by atoms with van der Waals surface area (Å²) in [6, 6.07) is 12.5. The first kappa shape index (κ1) is 16.5. The highest BCUT2D eigenvalue weighted by atomic mass is 19.1. The summed E-state index contributed by atoms with van der Waals surface area (Å²) >= 11 is 0. The van der Waals surface area contributed by atoms with Crippen molar-refractivity contribution in [1.82, 2.24) is 5.32 Å². The van der Waals surface area contributed by atoms with Crippen LogP contribution in [-0.4, -0.2) is 18.5 Å². The maximum Gasteiger partial charge on any atom is 0.319 e. The molecular weight excluding hydrogens is 297 g/mol. The van der Waals surface area contributed by atoms with Crippen molar-refractivity contribution in [2.24, 2.45) is 0 Å². The van der Waals surface area contributed by atoms with Crippen LogP contribution in [0.4, 0.5) is 20.6 Å². The highest BCUT2D eigenvalue weighted by molar-refractivity contribution is 5.96. The fraction of sp³-hybridized carbons (Fsp3) is 0.176. The number of aryl methyl sites for hydroxylation is 1. The van der Waals surface area contributed by atoms with Crippen LogP contribution in [0, 0.1) is 5.82 Å². The lowest BCUT2D eigenvalue weighted by Crippen LogP contribution is -2.35. The van der Waals surface area contributed by atoms with Gasteiger partial charge in [0, 0.05) is 11.4 Å². The van der Waals surface area contributed by atoms with E-state index in [0.717, 1.165) is 6.42 Å². The quantitative estimate of drug-likeness (QED) is 0.793. The Morgan fingerprint density at radius 1 is 1.00 bits per heavy atom. The molecule has 0 aliphatic rings. The zero-order chi connectivity index (χ0) is 16.7. The van der Waals surface area contributed by atoms with E-state index in [0.29, 0.717) is 11.4 Å². The van der Waals surface area contributed by atoms with Gasteiger partial charge in [0.25, 0.3) is 0 Å². The van der Waals surface area contributed by atoms with Crippen molar-refractivity contribution in [3.8, 4) is 0 Å². The van der Waals surface area contributed by atoms with Gasteiger partial charge >= 0.3 is 6.03 Å². The first-order chi connectivity index (χ1) is 11.1. The van der Waals surface area contributed by atoms with Gasteiger partial charge in [-0.25, -0.2) is 9.18 Å². The molecule has 0 bridgehead atoms. The minimum absolute atomic E-state index is 0.213. The number of anilines is 2. The van der Waals surface area contributed by atoms with Crippen LogP contribution in [0.3, 0.4) is 0 Å². The molecule has 0 saturated heterocycles. The van der Waals surface area contributed by atoms with E-state index in [1.54, 1.807) is 18.2 Å². The number of carbonyl (C=O) groups excluding carboxylic acids is 2. The molecule has 2 rings (SSSR count). The number of benzene rings is 2. The number of rotatable bonds is 5. The molecule has 3 amide bonds. The molecule has 6 heteroatoms. The number of hydrogen-bond donors (Lipinski definition) is 3. The monoisotopic (exact) mass is 315 g/mol. The molecule has 2 aromatic carbocycles. The third-order valence-electron chi connectivity index (χ3n) is 3.14. The zero-order valence-corrected chi connectivity index (χ0v) is 12.7. The lowest BCUT2D eigenvalue weighted by Gasteiger charge is -2.09. The summed E-state index contributed by atoms with van der Waals surface area (Å²) in [6.45, 7) is 1.84. The van der Waals surface area contributed by atoms with E-state index in [9.17, 15) is 14.0 Å². The largest absolute Gasteiger partial charge is 0.329 e. The molecule has 23 heavy (non-hydrogen) atoms. The third-order valence-corrected chi connectivity index (χ3v) is 3.14. The standard InChI is InChI=1S/C17H18FN3O2/c1-2-12-6-8-14(9-7-12)21-17(23)19-11-16(22)20-15-5-3-4-13(18)10-15/h3-10H,2,11H2,1H3,(H,20,22)(H2,19,21,23). The molecule has 0 aliphatic heterocycles. The van der Waals surface area contributed by atoms with E-state index < -0.39 is 17.8 Å². The Morgan fingerprint density at radius 3 is 2.39 bits per heavy atom. The van der Waals surface area contributed by atoms with Crippen molar-refractivity contribution in [2.45, 2.75) is 13.3 Å². The molecule has 0 heterocycles. The van der Waals surface area contributed by atoms with Crippen molar-refractivity contribution >= 4 is 23.3 Å². The van der Waals surface area contributed by atoms with Gasteiger partial charge in [0.2, 0.25) is 5.91 Å². The van der Waals surface area contributed by atoms with Gasteiger partial charge in [0.05, 0.1) is 6.54 Å². The summed E-state index contributed by atoms with van der Waals surface area (Å²) in [6.07, 6.45) is 0.923. The minimum Gasteiger partial charge on any atom is -0.329 e. The van der Waals surface area contributed by atoms with Crippen LogP contribution in [0.15, 0.2) is 48.5 Å².